The van der Waals surface area contributed by atoms with Crippen molar-refractivity contribution in [3.63, 3.8) is 0 Å². The number of piperidine rings is 1. The second-order valence-electron chi connectivity index (χ2n) is 8.48. The van der Waals surface area contributed by atoms with Gasteiger partial charge in [0.1, 0.15) is 12.4 Å². The van der Waals surface area contributed by atoms with E-state index in [4.69, 9.17) is 0 Å². The number of nitrogens with zero attached hydrogens (tertiary/aromatic N) is 3. The number of benzene rings is 1. The van der Waals surface area contributed by atoms with Gasteiger partial charge in [0.25, 0.3) is 0 Å². The largest absolute Gasteiger partial charge is 0.353 e. The Labute approximate surface area is 172 Å². The lowest BCUT2D eigenvalue weighted by atomic mass is 9.93. The summed E-state index contributed by atoms with van der Waals surface area (Å²) < 4.78 is 2.03. The van der Waals surface area contributed by atoms with Gasteiger partial charge in [-0.25, -0.2) is 4.98 Å². The van der Waals surface area contributed by atoms with Gasteiger partial charge in [0.15, 0.2) is 0 Å². The first-order valence-corrected chi connectivity index (χ1v) is 11.2. The summed E-state index contributed by atoms with van der Waals surface area (Å²) in [5.41, 5.74) is 1.93. The Kier molecular flexibility index (Phi) is 6.16. The molecular formula is C23H32N4O2. The fourth-order valence-electron chi connectivity index (χ4n) is 4.79. The van der Waals surface area contributed by atoms with Crippen LogP contribution in [0.15, 0.2) is 24.3 Å². The van der Waals surface area contributed by atoms with E-state index in [9.17, 15) is 9.59 Å². The number of hydrogen-bond donors (Lipinski definition) is 1. The summed E-state index contributed by atoms with van der Waals surface area (Å²) >= 11 is 0. The van der Waals surface area contributed by atoms with Gasteiger partial charge in [-0.15, -0.1) is 0 Å². The predicted molar refractivity (Wildman–Crippen MR) is 113 cm³/mol. The van der Waals surface area contributed by atoms with Gasteiger partial charge in [-0.2, -0.15) is 0 Å². The maximum atomic E-state index is 13.1. The number of amides is 2. The van der Waals surface area contributed by atoms with Crippen molar-refractivity contribution in [3.8, 4) is 0 Å². The molecule has 6 heteroatoms. The smallest absolute Gasteiger partial charge is 0.242 e. The minimum absolute atomic E-state index is 0.0815. The van der Waals surface area contributed by atoms with Crippen LogP contribution in [-0.4, -0.2) is 45.4 Å². The van der Waals surface area contributed by atoms with Gasteiger partial charge in [-0.1, -0.05) is 38.3 Å². The monoisotopic (exact) mass is 396 g/mol. The molecular weight excluding hydrogens is 364 g/mol. The van der Waals surface area contributed by atoms with Crippen molar-refractivity contribution < 1.29 is 9.59 Å². The molecule has 1 saturated heterocycles. The van der Waals surface area contributed by atoms with Crippen LogP contribution >= 0.6 is 0 Å². The first-order chi connectivity index (χ1) is 14.2. The Morgan fingerprint density at radius 1 is 1.10 bits per heavy atom. The van der Waals surface area contributed by atoms with E-state index in [1.807, 2.05) is 33.7 Å². The number of hydrogen-bond acceptors (Lipinski definition) is 3. The fourth-order valence-corrected chi connectivity index (χ4v) is 4.79. The van der Waals surface area contributed by atoms with E-state index in [0.29, 0.717) is 19.1 Å². The molecule has 6 nitrogen and oxygen atoms in total. The molecule has 1 aliphatic heterocycles. The van der Waals surface area contributed by atoms with E-state index in [1.54, 1.807) is 0 Å². The summed E-state index contributed by atoms with van der Waals surface area (Å²) in [5.74, 6) is 1.07. The van der Waals surface area contributed by atoms with Crippen molar-refractivity contribution in [1.82, 2.24) is 19.8 Å². The van der Waals surface area contributed by atoms with Crippen LogP contribution in [0.1, 0.15) is 57.7 Å². The zero-order chi connectivity index (χ0) is 20.2. The molecule has 2 aromatic rings. The average Bonchev–Trinajstić information content (AvgIpc) is 3.12. The van der Waals surface area contributed by atoms with Crippen LogP contribution in [0.25, 0.3) is 11.0 Å². The lowest BCUT2D eigenvalue weighted by Gasteiger charge is -2.33. The summed E-state index contributed by atoms with van der Waals surface area (Å²) in [6.07, 6.45) is 8.42. The van der Waals surface area contributed by atoms with Crippen LogP contribution in [-0.2, 0) is 22.6 Å². The van der Waals surface area contributed by atoms with Crippen LogP contribution in [0.2, 0.25) is 0 Å². The summed E-state index contributed by atoms with van der Waals surface area (Å²) in [5, 5.41) is 3.24. The molecule has 1 aromatic heterocycles. The van der Waals surface area contributed by atoms with E-state index in [1.165, 1.54) is 19.3 Å². The van der Waals surface area contributed by atoms with Crippen molar-refractivity contribution >= 4 is 22.8 Å². The lowest BCUT2D eigenvalue weighted by molar-refractivity contribution is -0.136. The number of nitrogens with one attached hydrogen (secondary N) is 1. The number of carbonyl (C=O) groups is 2. The molecule has 2 heterocycles. The lowest BCUT2D eigenvalue weighted by Crippen LogP contribution is -2.48. The SMILES string of the molecule is CCc1nc2ccccc2n1CC(=O)N1CCCC(C(=O)NC2CCCCC2)C1. The molecule has 156 valence electrons. The second kappa shape index (κ2) is 8.97. The molecule has 2 fully saturated rings. The molecule has 0 radical (unpaired) electrons. The Hall–Kier alpha value is -2.37. The molecule has 0 spiro atoms. The number of aryl methyl sites for hydroxylation is 1. The van der Waals surface area contributed by atoms with Crippen molar-refractivity contribution in [1.29, 1.82) is 0 Å². The molecule has 1 N–H and O–H groups in total. The third-order valence-electron chi connectivity index (χ3n) is 6.44. The van der Waals surface area contributed by atoms with Crippen LogP contribution in [0.3, 0.4) is 0 Å². The zero-order valence-electron chi connectivity index (χ0n) is 17.4. The minimum Gasteiger partial charge on any atom is -0.353 e. The fraction of sp³-hybridized carbons (Fsp3) is 0.609. The zero-order valence-corrected chi connectivity index (χ0v) is 17.4. The summed E-state index contributed by atoms with van der Waals surface area (Å²) in [7, 11) is 0. The molecule has 29 heavy (non-hydrogen) atoms. The highest BCUT2D eigenvalue weighted by atomic mass is 16.2. The Bertz CT molecular complexity index is 869. The van der Waals surface area contributed by atoms with Gasteiger partial charge >= 0.3 is 0 Å². The molecule has 2 aliphatic rings. The van der Waals surface area contributed by atoms with Crippen molar-refractivity contribution in [2.45, 2.75) is 70.9 Å². The number of fused-ring (bicyclic) bond motifs is 1. The number of carbonyl (C=O) groups excluding carboxylic acids is 2. The van der Waals surface area contributed by atoms with Crippen LogP contribution in [0, 0.1) is 5.92 Å². The highest BCUT2D eigenvalue weighted by Gasteiger charge is 2.30. The Morgan fingerprint density at radius 3 is 2.69 bits per heavy atom. The van der Waals surface area contributed by atoms with E-state index in [0.717, 1.165) is 55.5 Å². The van der Waals surface area contributed by atoms with E-state index < -0.39 is 0 Å². The first kappa shape index (κ1) is 19.9. The van der Waals surface area contributed by atoms with Crippen molar-refractivity contribution in [2.75, 3.05) is 13.1 Å². The van der Waals surface area contributed by atoms with Gasteiger partial charge in [-0.3, -0.25) is 9.59 Å². The van der Waals surface area contributed by atoms with Crippen molar-refractivity contribution in [3.05, 3.63) is 30.1 Å². The third-order valence-corrected chi connectivity index (χ3v) is 6.44. The Balaban J connectivity index is 1.41. The summed E-state index contributed by atoms with van der Waals surface area (Å²) in [6.45, 7) is 3.63. The quantitative estimate of drug-likeness (QED) is 0.843. The standard InChI is InChI=1S/C23H32N4O2/c1-2-21-25-19-12-6-7-13-20(19)27(21)16-22(28)26-14-8-9-17(15-26)23(29)24-18-10-4-3-5-11-18/h6-7,12-13,17-18H,2-5,8-11,14-16H2,1H3,(H,24,29). The molecule has 4 rings (SSSR count). The molecule has 1 saturated carbocycles. The molecule has 1 atom stereocenters. The normalized spacial score (nSPS) is 20.7. The molecule has 1 unspecified atom stereocenters. The minimum atomic E-state index is -0.0835. The number of imidazole rings is 1. The van der Waals surface area contributed by atoms with E-state index in [2.05, 4.69) is 17.2 Å². The summed E-state index contributed by atoms with van der Waals surface area (Å²) in [4.78, 5) is 32.4. The van der Waals surface area contributed by atoms with Gasteiger partial charge in [0.2, 0.25) is 11.8 Å². The molecule has 0 bridgehead atoms. The molecule has 1 aromatic carbocycles. The topological polar surface area (TPSA) is 67.2 Å². The third kappa shape index (κ3) is 4.46. The average molecular weight is 397 g/mol. The maximum Gasteiger partial charge on any atom is 0.242 e. The van der Waals surface area contributed by atoms with Crippen LogP contribution < -0.4 is 5.32 Å². The second-order valence-corrected chi connectivity index (χ2v) is 8.48. The number of rotatable bonds is 5. The number of likely N-dealkylation sites (tertiary alicyclic amines) is 1. The molecule has 2 amide bonds. The van der Waals surface area contributed by atoms with Crippen LogP contribution in [0.4, 0.5) is 0 Å². The van der Waals surface area contributed by atoms with E-state index in [-0.39, 0.29) is 17.7 Å². The highest BCUT2D eigenvalue weighted by Crippen LogP contribution is 2.22. The van der Waals surface area contributed by atoms with Gasteiger partial charge < -0.3 is 14.8 Å². The van der Waals surface area contributed by atoms with Gasteiger partial charge in [0, 0.05) is 25.6 Å². The number of para-hydroxylation sites is 2. The maximum absolute atomic E-state index is 13.1. The van der Waals surface area contributed by atoms with Gasteiger partial charge in [-0.05, 0) is 37.8 Å². The summed E-state index contributed by atoms with van der Waals surface area (Å²) in [6, 6.07) is 8.29. The number of aromatic nitrogens is 2. The first-order valence-electron chi connectivity index (χ1n) is 11.2. The van der Waals surface area contributed by atoms with Crippen LogP contribution in [0.5, 0.6) is 0 Å². The highest BCUT2D eigenvalue weighted by molar-refractivity contribution is 5.83. The van der Waals surface area contributed by atoms with Gasteiger partial charge in [0.05, 0.1) is 17.0 Å². The predicted octanol–water partition coefficient (Wildman–Crippen LogP) is 3.29. The van der Waals surface area contributed by atoms with Crippen molar-refractivity contribution in [2.24, 2.45) is 5.92 Å². The molecule has 1 aliphatic carbocycles. The Morgan fingerprint density at radius 2 is 1.90 bits per heavy atom. The van der Waals surface area contributed by atoms with E-state index >= 15 is 0 Å².